The van der Waals surface area contributed by atoms with Crippen LogP contribution in [0.15, 0.2) is 24.3 Å². The van der Waals surface area contributed by atoms with Crippen molar-refractivity contribution in [3.05, 3.63) is 30.3 Å². The summed E-state index contributed by atoms with van der Waals surface area (Å²) < 4.78 is 7.24. The predicted molar refractivity (Wildman–Crippen MR) is 89.6 cm³/mol. The molecule has 1 heterocycles. The van der Waals surface area contributed by atoms with E-state index in [9.17, 15) is 4.79 Å². The zero-order valence-electron chi connectivity index (χ0n) is 13.8. The number of amides is 1. The molecule has 1 atom stereocenters. The van der Waals surface area contributed by atoms with E-state index in [1.165, 1.54) is 44.9 Å². The van der Waals surface area contributed by atoms with Gasteiger partial charge in [-0.15, -0.1) is 12.2 Å². The molecule has 0 aromatic heterocycles. The number of ether oxygens (including phenoxy) is 1. The van der Waals surface area contributed by atoms with Gasteiger partial charge in [-0.05, 0) is 12.8 Å². The SMILES string of the molecule is CCCCCCCCCCC1OC=[N+]([C-]2C=CC=CC2)C1=O. The summed E-state index contributed by atoms with van der Waals surface area (Å²) in [6.07, 6.45) is 21.2. The molecular weight excluding hydrogens is 274 g/mol. The Morgan fingerprint density at radius 2 is 1.86 bits per heavy atom. The van der Waals surface area contributed by atoms with Crippen LogP contribution in [-0.2, 0) is 9.53 Å². The molecule has 0 fully saturated rings. The van der Waals surface area contributed by atoms with Crippen molar-refractivity contribution >= 4 is 12.3 Å². The minimum atomic E-state index is -0.271. The van der Waals surface area contributed by atoms with Crippen LogP contribution in [0.5, 0.6) is 0 Å². The van der Waals surface area contributed by atoms with Gasteiger partial charge in [-0.2, -0.15) is 0 Å². The van der Waals surface area contributed by atoms with E-state index in [-0.39, 0.29) is 12.0 Å². The number of hydrogen-bond acceptors (Lipinski definition) is 2. The van der Waals surface area contributed by atoms with Crippen LogP contribution in [0.25, 0.3) is 0 Å². The Labute approximate surface area is 134 Å². The van der Waals surface area contributed by atoms with Crippen molar-refractivity contribution < 1.29 is 14.1 Å². The molecule has 1 aliphatic carbocycles. The highest BCUT2D eigenvalue weighted by atomic mass is 16.5. The van der Waals surface area contributed by atoms with Crippen LogP contribution >= 0.6 is 0 Å². The third-order valence-corrected chi connectivity index (χ3v) is 4.34. The molecule has 2 rings (SSSR count). The first-order valence-electron chi connectivity index (χ1n) is 8.84. The molecular formula is C19H29NO2. The van der Waals surface area contributed by atoms with Crippen LogP contribution in [-0.4, -0.2) is 23.0 Å². The molecule has 0 radical (unpaired) electrons. The summed E-state index contributed by atoms with van der Waals surface area (Å²) in [6, 6.07) is 1.01. The number of rotatable bonds is 10. The first kappa shape index (κ1) is 16.9. The van der Waals surface area contributed by atoms with Crippen molar-refractivity contribution in [3.8, 4) is 0 Å². The van der Waals surface area contributed by atoms with Gasteiger partial charge in [0.25, 0.3) is 6.40 Å². The van der Waals surface area contributed by atoms with Gasteiger partial charge in [0.15, 0.2) is 6.10 Å². The van der Waals surface area contributed by atoms with Crippen molar-refractivity contribution in [2.24, 2.45) is 0 Å². The molecule has 122 valence electrons. The minimum Gasteiger partial charge on any atom is -0.484 e. The highest BCUT2D eigenvalue weighted by molar-refractivity contribution is 5.81. The Morgan fingerprint density at radius 3 is 2.55 bits per heavy atom. The Balaban J connectivity index is 1.57. The normalized spacial score (nSPS) is 20.4. The quantitative estimate of drug-likeness (QED) is 0.337. The van der Waals surface area contributed by atoms with Gasteiger partial charge < -0.3 is 4.74 Å². The van der Waals surface area contributed by atoms with Crippen molar-refractivity contribution in [1.29, 1.82) is 0 Å². The van der Waals surface area contributed by atoms with E-state index < -0.39 is 0 Å². The molecule has 0 spiro atoms. The van der Waals surface area contributed by atoms with E-state index in [2.05, 4.69) is 13.0 Å². The summed E-state index contributed by atoms with van der Waals surface area (Å²) in [6.45, 7) is 2.25. The average Bonchev–Trinajstić information content (AvgIpc) is 2.92. The van der Waals surface area contributed by atoms with Crippen molar-refractivity contribution in [2.75, 3.05) is 0 Å². The van der Waals surface area contributed by atoms with E-state index in [1.54, 1.807) is 11.0 Å². The van der Waals surface area contributed by atoms with Gasteiger partial charge in [0.2, 0.25) is 0 Å². The Morgan fingerprint density at radius 1 is 1.14 bits per heavy atom. The van der Waals surface area contributed by atoms with Crippen LogP contribution in [0.3, 0.4) is 0 Å². The lowest BCUT2D eigenvalue weighted by atomic mass is 10.0. The second-order valence-electron chi connectivity index (χ2n) is 6.18. The number of carbonyl (C=O) groups is 1. The molecule has 0 N–H and O–H groups in total. The van der Waals surface area contributed by atoms with Gasteiger partial charge in [-0.1, -0.05) is 64.0 Å². The molecule has 2 aliphatic rings. The van der Waals surface area contributed by atoms with Crippen molar-refractivity contribution in [1.82, 2.24) is 0 Å². The number of unbranched alkanes of at least 4 members (excludes halogenated alkanes) is 7. The molecule has 0 bridgehead atoms. The maximum Gasteiger partial charge on any atom is 0.353 e. The van der Waals surface area contributed by atoms with Crippen LogP contribution in [0.4, 0.5) is 0 Å². The summed E-state index contributed by atoms with van der Waals surface area (Å²) in [5.74, 6) is 0.0953. The maximum absolute atomic E-state index is 12.3. The lowest BCUT2D eigenvalue weighted by Gasteiger charge is -2.14. The van der Waals surface area contributed by atoms with E-state index in [0.29, 0.717) is 0 Å². The fraction of sp³-hybridized carbons (Fsp3) is 0.632. The van der Waals surface area contributed by atoms with Gasteiger partial charge in [0.1, 0.15) is 6.04 Å². The summed E-state index contributed by atoms with van der Waals surface area (Å²) >= 11 is 0. The van der Waals surface area contributed by atoms with Gasteiger partial charge >= 0.3 is 5.91 Å². The monoisotopic (exact) mass is 303 g/mol. The number of hydrogen-bond donors (Lipinski definition) is 0. The third-order valence-electron chi connectivity index (χ3n) is 4.34. The third kappa shape index (κ3) is 5.04. The summed E-state index contributed by atoms with van der Waals surface area (Å²) in [4.78, 5) is 12.3. The molecule has 1 unspecified atom stereocenters. The molecule has 3 nitrogen and oxygen atoms in total. The maximum atomic E-state index is 12.3. The second-order valence-corrected chi connectivity index (χ2v) is 6.18. The number of carbonyl (C=O) groups excluding carboxylic acids is 1. The fourth-order valence-corrected chi connectivity index (χ4v) is 2.94. The highest BCUT2D eigenvalue weighted by Crippen LogP contribution is 2.21. The summed E-state index contributed by atoms with van der Waals surface area (Å²) in [5.41, 5.74) is 0. The molecule has 1 amide bonds. The Kier molecular flexibility index (Phi) is 7.27. The Hall–Kier alpha value is -1.51. The minimum absolute atomic E-state index is 0.0953. The zero-order valence-corrected chi connectivity index (χ0v) is 13.8. The van der Waals surface area contributed by atoms with Gasteiger partial charge in [0.05, 0.1) is 0 Å². The molecule has 1 aliphatic heterocycles. The lowest BCUT2D eigenvalue weighted by Crippen LogP contribution is -2.28. The largest absolute Gasteiger partial charge is 0.484 e. The predicted octanol–water partition coefficient (Wildman–Crippen LogP) is 4.53. The zero-order chi connectivity index (χ0) is 15.6. The number of nitrogens with zero attached hydrogens (tertiary/aromatic N) is 1. The van der Waals surface area contributed by atoms with Gasteiger partial charge in [-0.3, -0.25) is 4.79 Å². The molecule has 22 heavy (non-hydrogen) atoms. The van der Waals surface area contributed by atoms with Crippen LogP contribution in [0, 0.1) is 6.04 Å². The fourth-order valence-electron chi connectivity index (χ4n) is 2.94. The summed E-state index contributed by atoms with van der Waals surface area (Å²) in [7, 11) is 0. The van der Waals surface area contributed by atoms with E-state index in [4.69, 9.17) is 4.74 Å². The van der Waals surface area contributed by atoms with Gasteiger partial charge in [-0.25, -0.2) is 4.58 Å². The van der Waals surface area contributed by atoms with E-state index in [0.717, 1.165) is 25.3 Å². The topological polar surface area (TPSA) is 29.3 Å². The van der Waals surface area contributed by atoms with Crippen LogP contribution < -0.4 is 0 Å². The van der Waals surface area contributed by atoms with Crippen molar-refractivity contribution in [2.45, 2.75) is 77.2 Å². The smallest absolute Gasteiger partial charge is 0.353 e. The second kappa shape index (κ2) is 9.50. The van der Waals surface area contributed by atoms with Crippen LogP contribution in [0.1, 0.15) is 71.1 Å². The molecule has 0 aromatic rings. The lowest BCUT2D eigenvalue weighted by molar-refractivity contribution is -0.421. The molecule has 0 saturated carbocycles. The van der Waals surface area contributed by atoms with Crippen molar-refractivity contribution in [3.63, 3.8) is 0 Å². The highest BCUT2D eigenvalue weighted by Gasteiger charge is 2.33. The standard InChI is InChI=1S/C19H29NO2/c1-2-3-4-5-6-7-8-12-15-18-19(21)20(16-22-18)17-13-10-9-11-14-17/h9-11,13,16,18H,2-8,12,14-15H2,1H3. The molecule has 3 heteroatoms. The van der Waals surface area contributed by atoms with E-state index in [1.807, 2.05) is 18.2 Å². The summed E-state index contributed by atoms with van der Waals surface area (Å²) in [5, 5.41) is 0. The Bertz CT molecular complexity index is 437. The molecule has 0 aromatic carbocycles. The van der Waals surface area contributed by atoms with E-state index >= 15 is 0 Å². The average molecular weight is 303 g/mol. The molecule has 0 saturated heterocycles. The van der Waals surface area contributed by atoms with Crippen LogP contribution in [0.2, 0.25) is 0 Å². The number of allylic oxidation sites excluding steroid dienone is 2. The first-order chi connectivity index (χ1) is 10.8. The first-order valence-corrected chi connectivity index (χ1v) is 8.84. The van der Waals surface area contributed by atoms with Gasteiger partial charge in [0, 0.05) is 6.42 Å².